The molecule has 5 rings (SSSR count). The summed E-state index contributed by atoms with van der Waals surface area (Å²) in [4.78, 5) is 8.46. The summed E-state index contributed by atoms with van der Waals surface area (Å²) in [5.41, 5.74) is 7.36. The molecule has 26 heavy (non-hydrogen) atoms. The number of hydrogen-bond donors (Lipinski definition) is 2. The molecule has 7 heteroatoms. The molecule has 3 aliphatic heterocycles. The van der Waals surface area contributed by atoms with Gasteiger partial charge in [0.25, 0.3) is 6.02 Å². The van der Waals surface area contributed by atoms with Crippen LogP contribution in [0.1, 0.15) is 12.0 Å². The maximum atomic E-state index is 14.2. The van der Waals surface area contributed by atoms with Crippen molar-refractivity contribution in [2.75, 3.05) is 19.7 Å². The Kier molecular flexibility index (Phi) is 3.40. The Bertz CT molecular complexity index is 903. The number of rotatable bonds is 1. The highest BCUT2D eigenvalue weighted by Gasteiger charge is 2.54. The Balaban J connectivity index is 1.69. The van der Waals surface area contributed by atoms with Crippen molar-refractivity contribution in [1.82, 2.24) is 10.3 Å². The summed E-state index contributed by atoms with van der Waals surface area (Å²) < 4.78 is 26.0. The highest BCUT2D eigenvalue weighted by Crippen LogP contribution is 2.50. The molecule has 0 bridgehead atoms. The molecule has 4 heterocycles. The third-order valence-corrected chi connectivity index (χ3v) is 5.58. The van der Waals surface area contributed by atoms with Gasteiger partial charge in [-0.2, -0.15) is 4.39 Å². The van der Waals surface area contributed by atoms with Gasteiger partial charge < -0.3 is 20.5 Å². The molecule has 0 saturated carbocycles. The summed E-state index contributed by atoms with van der Waals surface area (Å²) in [5, 5.41) is 3.42. The second kappa shape index (κ2) is 5.67. The van der Waals surface area contributed by atoms with Crippen molar-refractivity contribution in [3.8, 4) is 16.9 Å². The van der Waals surface area contributed by atoms with Crippen LogP contribution in [0.4, 0.5) is 4.39 Å². The minimum Gasteiger partial charge on any atom is -0.490 e. The Hall–Kier alpha value is -2.67. The summed E-state index contributed by atoms with van der Waals surface area (Å²) in [5.74, 6) is 0.378. The van der Waals surface area contributed by atoms with Crippen LogP contribution in [-0.2, 0) is 10.3 Å². The van der Waals surface area contributed by atoms with Gasteiger partial charge in [0.15, 0.2) is 0 Å². The average Bonchev–Trinajstić information content (AvgIpc) is 3.05. The Morgan fingerprint density at radius 3 is 3.04 bits per heavy atom. The zero-order valence-corrected chi connectivity index (χ0v) is 14.1. The molecule has 0 amide bonds. The number of ether oxygens (including phenoxy) is 2. The maximum Gasteiger partial charge on any atom is 0.283 e. The number of pyridine rings is 1. The topological polar surface area (TPSA) is 81.8 Å². The van der Waals surface area contributed by atoms with Gasteiger partial charge in [0, 0.05) is 29.8 Å². The minimum absolute atomic E-state index is 0.0583. The van der Waals surface area contributed by atoms with E-state index in [0.29, 0.717) is 12.2 Å². The lowest BCUT2D eigenvalue weighted by Crippen LogP contribution is -2.55. The number of fused-ring (bicyclic) bond motifs is 4. The molecule has 1 aromatic carbocycles. The molecule has 3 aliphatic rings. The van der Waals surface area contributed by atoms with Crippen LogP contribution < -0.4 is 15.8 Å². The lowest BCUT2D eigenvalue weighted by molar-refractivity contribution is 0.0161. The Morgan fingerprint density at radius 1 is 1.31 bits per heavy atom. The Labute approximate surface area is 150 Å². The van der Waals surface area contributed by atoms with Gasteiger partial charge in [-0.1, -0.05) is 6.07 Å². The van der Waals surface area contributed by atoms with E-state index in [-0.39, 0.29) is 18.0 Å². The third-order valence-electron chi connectivity index (χ3n) is 5.58. The van der Waals surface area contributed by atoms with Crippen molar-refractivity contribution in [3.63, 3.8) is 0 Å². The van der Waals surface area contributed by atoms with Crippen molar-refractivity contribution in [3.05, 3.63) is 48.0 Å². The van der Waals surface area contributed by atoms with Gasteiger partial charge in [0.05, 0.1) is 0 Å². The number of halogens is 1. The molecule has 1 saturated heterocycles. The number of piperidine rings is 1. The van der Waals surface area contributed by atoms with Crippen LogP contribution in [0.5, 0.6) is 5.75 Å². The fourth-order valence-corrected chi connectivity index (χ4v) is 4.33. The van der Waals surface area contributed by atoms with Crippen LogP contribution in [0.15, 0.2) is 41.5 Å². The molecule has 1 fully saturated rings. The number of benzene rings is 1. The smallest absolute Gasteiger partial charge is 0.283 e. The van der Waals surface area contributed by atoms with Crippen LogP contribution in [0, 0.1) is 11.9 Å². The van der Waals surface area contributed by atoms with E-state index in [1.54, 1.807) is 12.1 Å². The molecular weight excluding hydrogens is 335 g/mol. The van der Waals surface area contributed by atoms with E-state index in [1.165, 1.54) is 6.20 Å². The van der Waals surface area contributed by atoms with E-state index in [1.807, 2.05) is 18.2 Å². The van der Waals surface area contributed by atoms with Crippen LogP contribution in [0.2, 0.25) is 0 Å². The minimum atomic E-state index is -0.607. The number of amidine groups is 1. The number of nitrogens with one attached hydrogen (secondary N) is 1. The van der Waals surface area contributed by atoms with E-state index in [4.69, 9.17) is 20.2 Å². The summed E-state index contributed by atoms with van der Waals surface area (Å²) in [6, 6.07) is 9.32. The van der Waals surface area contributed by atoms with E-state index >= 15 is 0 Å². The zero-order chi connectivity index (χ0) is 17.7. The highest BCUT2D eigenvalue weighted by molar-refractivity contribution is 5.75. The van der Waals surface area contributed by atoms with Gasteiger partial charge in [-0.05, 0) is 42.8 Å². The number of nitrogens with two attached hydrogens (primary N) is 1. The molecule has 0 radical (unpaired) electrons. The number of aliphatic imine (C=N–C) groups is 1. The van der Waals surface area contributed by atoms with Crippen molar-refractivity contribution < 1.29 is 13.9 Å². The fraction of sp³-hybridized carbons (Fsp3) is 0.368. The van der Waals surface area contributed by atoms with Crippen LogP contribution >= 0.6 is 0 Å². The largest absolute Gasteiger partial charge is 0.490 e. The van der Waals surface area contributed by atoms with Gasteiger partial charge >= 0.3 is 0 Å². The van der Waals surface area contributed by atoms with Crippen LogP contribution in [0.3, 0.4) is 0 Å². The van der Waals surface area contributed by atoms with Gasteiger partial charge in [-0.25, -0.2) is 9.98 Å². The van der Waals surface area contributed by atoms with E-state index in [0.717, 1.165) is 36.4 Å². The molecule has 134 valence electrons. The van der Waals surface area contributed by atoms with Crippen molar-refractivity contribution in [2.24, 2.45) is 16.6 Å². The number of aromatic nitrogens is 1. The summed E-state index contributed by atoms with van der Waals surface area (Å²) >= 11 is 0. The molecule has 0 aliphatic carbocycles. The second-order valence-electron chi connectivity index (χ2n) is 6.97. The molecule has 1 aromatic heterocycles. The predicted molar refractivity (Wildman–Crippen MR) is 94.3 cm³/mol. The lowest BCUT2D eigenvalue weighted by Gasteiger charge is -2.46. The molecule has 3 N–H and O–H groups in total. The number of nitrogens with zero attached hydrogens (tertiary/aromatic N) is 2. The average molecular weight is 354 g/mol. The van der Waals surface area contributed by atoms with Crippen molar-refractivity contribution in [1.29, 1.82) is 0 Å². The van der Waals surface area contributed by atoms with E-state index < -0.39 is 11.5 Å². The maximum absolute atomic E-state index is 14.2. The third kappa shape index (κ3) is 2.20. The number of hydrogen-bond acceptors (Lipinski definition) is 6. The molecule has 2 aromatic rings. The molecule has 0 unspecified atom stereocenters. The standard InChI is InChI=1S/C19H19FN4O2/c20-17-12(2-1-6-23-17)11-3-4-15-13(8-11)19(10-25-18(21)24-19)14-9-22-7-5-16(14)26-15/h1-4,6,8,14,16,22H,5,7,9-10H2,(H2,21,24)/t14-,16-,19+/m0/s1. The normalized spacial score (nSPS) is 29.3. The van der Waals surface area contributed by atoms with Crippen LogP contribution in [-0.4, -0.2) is 36.8 Å². The molecule has 6 nitrogen and oxygen atoms in total. The first-order chi connectivity index (χ1) is 12.7. The van der Waals surface area contributed by atoms with Gasteiger partial charge in [-0.3, -0.25) is 0 Å². The van der Waals surface area contributed by atoms with Crippen molar-refractivity contribution in [2.45, 2.75) is 18.1 Å². The monoisotopic (exact) mass is 354 g/mol. The zero-order valence-electron chi connectivity index (χ0n) is 14.1. The molecular formula is C19H19FN4O2. The van der Waals surface area contributed by atoms with Gasteiger partial charge in [0.1, 0.15) is 24.0 Å². The van der Waals surface area contributed by atoms with Gasteiger partial charge in [-0.15, -0.1) is 0 Å². The summed E-state index contributed by atoms with van der Waals surface area (Å²) in [7, 11) is 0. The van der Waals surface area contributed by atoms with Crippen LogP contribution in [0.25, 0.3) is 11.1 Å². The summed E-state index contributed by atoms with van der Waals surface area (Å²) in [6.45, 7) is 2.05. The molecule has 1 spiro atoms. The predicted octanol–water partition coefficient (Wildman–Crippen LogP) is 1.80. The Morgan fingerprint density at radius 2 is 2.23 bits per heavy atom. The first kappa shape index (κ1) is 15.6. The second-order valence-corrected chi connectivity index (χ2v) is 6.97. The van der Waals surface area contributed by atoms with E-state index in [2.05, 4.69) is 10.3 Å². The highest BCUT2D eigenvalue weighted by atomic mass is 19.1. The lowest BCUT2D eigenvalue weighted by atomic mass is 9.71. The van der Waals surface area contributed by atoms with Gasteiger partial charge in [0.2, 0.25) is 5.95 Å². The first-order valence-corrected chi connectivity index (χ1v) is 8.78. The molecule has 3 atom stereocenters. The SMILES string of the molecule is NC1=N[C@]2(CO1)c1cc(-c3cccnc3F)ccc1O[C@H]1CCNC[C@@H]12. The van der Waals surface area contributed by atoms with Crippen molar-refractivity contribution >= 4 is 6.02 Å². The van der Waals surface area contributed by atoms with E-state index in [9.17, 15) is 4.39 Å². The quantitative estimate of drug-likeness (QED) is 0.763. The fourth-order valence-electron chi connectivity index (χ4n) is 4.33. The summed E-state index contributed by atoms with van der Waals surface area (Å²) in [6.07, 6.45) is 2.40. The first-order valence-electron chi connectivity index (χ1n) is 8.78.